The van der Waals surface area contributed by atoms with Gasteiger partial charge in [-0.05, 0) is 18.1 Å². The zero-order valence-corrected chi connectivity index (χ0v) is 11.0. The molecule has 3 amide bonds. The van der Waals surface area contributed by atoms with Crippen LogP contribution in [0.4, 0.5) is 4.79 Å². The minimum atomic E-state index is -1.00. The molecule has 0 radical (unpaired) electrons. The van der Waals surface area contributed by atoms with Gasteiger partial charge in [0.1, 0.15) is 5.75 Å². The van der Waals surface area contributed by atoms with E-state index in [0.717, 1.165) is 12.0 Å². The van der Waals surface area contributed by atoms with E-state index in [9.17, 15) is 14.4 Å². The number of nitrogens with two attached hydrogens (primary N) is 1. The smallest absolute Gasteiger partial charge is 0.344 e. The summed E-state index contributed by atoms with van der Waals surface area (Å²) in [4.78, 5) is 32.7. The topological polar surface area (TPSA) is 108 Å². The van der Waals surface area contributed by atoms with Crippen molar-refractivity contribution in [2.45, 2.75) is 13.3 Å². The van der Waals surface area contributed by atoms with E-state index in [1.807, 2.05) is 19.1 Å². The van der Waals surface area contributed by atoms with E-state index in [1.165, 1.54) is 0 Å². The molecule has 0 saturated carbocycles. The molecular weight excluding hydrogens is 264 g/mol. The number of imide groups is 1. The number of hydrogen-bond donors (Lipinski definition) is 2. The second-order valence-electron chi connectivity index (χ2n) is 3.82. The highest BCUT2D eigenvalue weighted by Crippen LogP contribution is 2.17. The predicted octanol–water partition coefficient (Wildman–Crippen LogP) is 0.366. The molecule has 0 unspecified atom stereocenters. The zero-order valence-electron chi connectivity index (χ0n) is 11.0. The maximum atomic E-state index is 11.4. The first kappa shape index (κ1) is 15.5. The molecule has 0 aliphatic carbocycles. The number of urea groups is 1. The number of esters is 1. The summed E-state index contributed by atoms with van der Waals surface area (Å²) in [5.41, 5.74) is 5.69. The van der Waals surface area contributed by atoms with Crippen molar-refractivity contribution in [2.24, 2.45) is 5.73 Å². The van der Waals surface area contributed by atoms with Gasteiger partial charge in [-0.2, -0.15) is 0 Å². The Bertz CT molecular complexity index is 501. The molecule has 0 bridgehead atoms. The van der Waals surface area contributed by atoms with Crippen LogP contribution >= 0.6 is 0 Å². The number of para-hydroxylation sites is 1. The molecule has 0 heterocycles. The van der Waals surface area contributed by atoms with Gasteiger partial charge in [0.15, 0.2) is 13.2 Å². The third-order valence-corrected chi connectivity index (χ3v) is 2.33. The van der Waals surface area contributed by atoms with E-state index < -0.39 is 24.5 Å². The van der Waals surface area contributed by atoms with Crippen molar-refractivity contribution < 1.29 is 23.9 Å². The maximum Gasteiger partial charge on any atom is 0.344 e. The van der Waals surface area contributed by atoms with Crippen molar-refractivity contribution in [3.8, 4) is 5.75 Å². The van der Waals surface area contributed by atoms with E-state index in [0.29, 0.717) is 5.75 Å². The molecule has 7 heteroatoms. The van der Waals surface area contributed by atoms with Crippen LogP contribution in [0.15, 0.2) is 24.3 Å². The van der Waals surface area contributed by atoms with Crippen LogP contribution in [0.25, 0.3) is 0 Å². The van der Waals surface area contributed by atoms with Gasteiger partial charge in [0.05, 0.1) is 0 Å². The average Bonchev–Trinajstić information content (AvgIpc) is 2.42. The number of amides is 3. The molecule has 0 aliphatic heterocycles. The fraction of sp³-hybridized carbons (Fsp3) is 0.308. The third-order valence-electron chi connectivity index (χ3n) is 2.33. The number of aryl methyl sites for hydroxylation is 1. The maximum absolute atomic E-state index is 11.4. The molecule has 0 aliphatic rings. The lowest BCUT2D eigenvalue weighted by Crippen LogP contribution is -2.38. The summed E-state index contributed by atoms with van der Waals surface area (Å²) in [5, 5.41) is 1.77. The van der Waals surface area contributed by atoms with Crippen LogP contribution in [-0.2, 0) is 20.7 Å². The molecule has 3 N–H and O–H groups in total. The van der Waals surface area contributed by atoms with Crippen LogP contribution in [0.1, 0.15) is 12.5 Å². The third kappa shape index (κ3) is 5.38. The predicted molar refractivity (Wildman–Crippen MR) is 70.0 cm³/mol. The van der Waals surface area contributed by atoms with Crippen molar-refractivity contribution in [3.63, 3.8) is 0 Å². The number of carbonyl (C=O) groups excluding carboxylic acids is 3. The molecule has 0 spiro atoms. The number of nitrogens with one attached hydrogen (secondary N) is 1. The normalized spacial score (nSPS) is 9.65. The lowest BCUT2D eigenvalue weighted by atomic mass is 10.1. The van der Waals surface area contributed by atoms with E-state index in [2.05, 4.69) is 4.74 Å². The van der Waals surface area contributed by atoms with Crippen molar-refractivity contribution >= 4 is 17.9 Å². The Balaban J connectivity index is 2.36. The Labute approximate surface area is 116 Å². The van der Waals surface area contributed by atoms with E-state index in [4.69, 9.17) is 10.5 Å². The number of carbonyl (C=O) groups is 3. The van der Waals surface area contributed by atoms with Crippen molar-refractivity contribution in [3.05, 3.63) is 29.8 Å². The van der Waals surface area contributed by atoms with Crippen LogP contribution in [-0.4, -0.2) is 31.1 Å². The Morgan fingerprint density at radius 2 is 1.90 bits per heavy atom. The highest BCUT2D eigenvalue weighted by Gasteiger charge is 2.10. The highest BCUT2D eigenvalue weighted by atomic mass is 16.6. The summed E-state index contributed by atoms with van der Waals surface area (Å²) in [6.45, 7) is 1.07. The second-order valence-corrected chi connectivity index (χ2v) is 3.82. The fourth-order valence-electron chi connectivity index (χ4n) is 1.43. The Hall–Kier alpha value is -2.57. The van der Waals surface area contributed by atoms with E-state index in [1.54, 1.807) is 17.4 Å². The number of primary amides is 1. The molecule has 0 fully saturated rings. The number of ether oxygens (including phenoxy) is 2. The Morgan fingerprint density at radius 3 is 2.55 bits per heavy atom. The van der Waals surface area contributed by atoms with Gasteiger partial charge in [-0.1, -0.05) is 25.1 Å². The molecule has 1 aromatic rings. The van der Waals surface area contributed by atoms with Crippen molar-refractivity contribution in [1.82, 2.24) is 5.32 Å². The van der Waals surface area contributed by atoms with Gasteiger partial charge in [0.2, 0.25) is 0 Å². The first-order chi connectivity index (χ1) is 9.52. The van der Waals surface area contributed by atoms with Gasteiger partial charge < -0.3 is 15.2 Å². The minimum absolute atomic E-state index is 0.319. The molecule has 1 rings (SSSR count). The number of rotatable bonds is 6. The summed E-state index contributed by atoms with van der Waals surface area (Å²) >= 11 is 0. The summed E-state index contributed by atoms with van der Waals surface area (Å²) in [6, 6.07) is 6.30. The molecule has 20 heavy (non-hydrogen) atoms. The van der Waals surface area contributed by atoms with Crippen LogP contribution in [0.3, 0.4) is 0 Å². The van der Waals surface area contributed by atoms with Crippen LogP contribution in [0.2, 0.25) is 0 Å². The molecule has 108 valence electrons. The zero-order chi connectivity index (χ0) is 15.0. The molecular formula is C13H16N2O5. The lowest BCUT2D eigenvalue weighted by Gasteiger charge is -2.09. The van der Waals surface area contributed by atoms with Crippen LogP contribution in [0, 0.1) is 0 Å². The Morgan fingerprint density at radius 1 is 1.20 bits per heavy atom. The molecule has 7 nitrogen and oxygen atoms in total. The van der Waals surface area contributed by atoms with Crippen molar-refractivity contribution in [2.75, 3.05) is 13.2 Å². The highest BCUT2D eigenvalue weighted by molar-refractivity contribution is 5.94. The largest absolute Gasteiger partial charge is 0.482 e. The van der Waals surface area contributed by atoms with Crippen molar-refractivity contribution in [1.29, 1.82) is 0 Å². The number of benzene rings is 1. The quantitative estimate of drug-likeness (QED) is 0.732. The first-order valence-electron chi connectivity index (χ1n) is 5.98. The minimum Gasteiger partial charge on any atom is -0.482 e. The second kappa shape index (κ2) is 7.78. The summed E-state index contributed by atoms with van der Waals surface area (Å²) < 4.78 is 9.92. The van der Waals surface area contributed by atoms with Gasteiger partial charge in [0, 0.05) is 0 Å². The number of hydrogen-bond acceptors (Lipinski definition) is 5. The summed E-state index contributed by atoms with van der Waals surface area (Å²) in [7, 11) is 0. The molecule has 0 saturated heterocycles. The molecule has 1 aromatic carbocycles. The van der Waals surface area contributed by atoms with Gasteiger partial charge in [-0.15, -0.1) is 0 Å². The van der Waals surface area contributed by atoms with Gasteiger partial charge >= 0.3 is 12.0 Å². The molecule has 0 aromatic heterocycles. The monoisotopic (exact) mass is 280 g/mol. The van der Waals surface area contributed by atoms with Crippen LogP contribution in [0.5, 0.6) is 5.75 Å². The van der Waals surface area contributed by atoms with Gasteiger partial charge in [0.25, 0.3) is 5.91 Å². The Kier molecular flexibility index (Phi) is 6.02. The van der Waals surface area contributed by atoms with Gasteiger partial charge in [-0.3, -0.25) is 10.1 Å². The van der Waals surface area contributed by atoms with E-state index >= 15 is 0 Å². The van der Waals surface area contributed by atoms with Crippen LogP contribution < -0.4 is 15.8 Å². The fourth-order valence-corrected chi connectivity index (χ4v) is 1.43. The first-order valence-corrected chi connectivity index (χ1v) is 5.98. The lowest BCUT2D eigenvalue weighted by molar-refractivity contribution is -0.150. The summed E-state index contributed by atoms with van der Waals surface area (Å²) in [6.07, 6.45) is 0.770. The van der Waals surface area contributed by atoms with E-state index in [-0.39, 0.29) is 6.61 Å². The standard InChI is InChI=1S/C13H16N2O5/c1-2-9-5-3-4-6-10(9)19-8-12(17)20-7-11(16)15-13(14)18/h3-6H,2,7-8H2,1H3,(H3,14,15,16,18). The van der Waals surface area contributed by atoms with Gasteiger partial charge in [-0.25, -0.2) is 9.59 Å². The summed E-state index contributed by atoms with van der Waals surface area (Å²) in [5.74, 6) is -0.913. The molecule has 0 atom stereocenters. The SMILES string of the molecule is CCc1ccccc1OCC(=O)OCC(=O)NC(N)=O. The average molecular weight is 280 g/mol.